The number of halogens is 3. The molecule has 1 heterocycles. The normalized spacial score (nSPS) is 23.6. The summed E-state index contributed by atoms with van der Waals surface area (Å²) in [5, 5.41) is 3.06. The zero-order chi connectivity index (χ0) is 12.0. The predicted molar refractivity (Wildman–Crippen MR) is 53.3 cm³/mol. The smallest absolute Gasteiger partial charge is 0.381 e. The van der Waals surface area contributed by atoms with Crippen LogP contribution < -0.4 is 5.32 Å². The van der Waals surface area contributed by atoms with E-state index in [4.69, 9.17) is 4.74 Å². The zero-order valence-electron chi connectivity index (χ0n) is 9.35. The first-order valence-corrected chi connectivity index (χ1v) is 5.47. The van der Waals surface area contributed by atoms with Gasteiger partial charge in [-0.3, -0.25) is 0 Å². The van der Waals surface area contributed by atoms with Gasteiger partial charge in [-0.15, -0.1) is 0 Å². The summed E-state index contributed by atoms with van der Waals surface area (Å²) in [6, 6.07) is 0. The Bertz CT molecular complexity index is 193. The molecule has 0 amide bonds. The number of alkyl halides is 3. The van der Waals surface area contributed by atoms with Gasteiger partial charge in [0.05, 0.1) is 13.2 Å². The fourth-order valence-corrected chi connectivity index (χ4v) is 1.45. The summed E-state index contributed by atoms with van der Waals surface area (Å²) in [4.78, 5) is 0. The van der Waals surface area contributed by atoms with Gasteiger partial charge in [-0.25, -0.2) is 0 Å². The first-order valence-electron chi connectivity index (χ1n) is 5.47. The number of nitrogens with one attached hydrogen (secondary N) is 1. The number of hydrogen-bond acceptors (Lipinski definition) is 3. The summed E-state index contributed by atoms with van der Waals surface area (Å²) in [5.74, 6) is 0.486. The topological polar surface area (TPSA) is 30.5 Å². The van der Waals surface area contributed by atoms with Crippen molar-refractivity contribution in [2.45, 2.75) is 25.6 Å². The van der Waals surface area contributed by atoms with Gasteiger partial charge in [0, 0.05) is 19.7 Å². The lowest BCUT2D eigenvalue weighted by Gasteiger charge is -2.16. The van der Waals surface area contributed by atoms with Gasteiger partial charge in [0.15, 0.2) is 6.10 Å². The van der Waals surface area contributed by atoms with E-state index in [0.29, 0.717) is 12.5 Å². The maximum Gasteiger partial charge on any atom is 0.414 e. The van der Waals surface area contributed by atoms with Gasteiger partial charge in [-0.2, -0.15) is 13.2 Å². The van der Waals surface area contributed by atoms with Gasteiger partial charge in [0.2, 0.25) is 0 Å². The number of ether oxygens (including phenoxy) is 2. The maximum atomic E-state index is 12.0. The van der Waals surface area contributed by atoms with Crippen LogP contribution in [-0.2, 0) is 9.47 Å². The Labute approximate surface area is 93.3 Å². The Balaban J connectivity index is 1.95. The van der Waals surface area contributed by atoms with Crippen molar-refractivity contribution in [1.29, 1.82) is 0 Å². The quantitative estimate of drug-likeness (QED) is 0.716. The van der Waals surface area contributed by atoms with Crippen LogP contribution in [0.2, 0.25) is 0 Å². The molecule has 0 saturated carbocycles. The van der Waals surface area contributed by atoms with E-state index < -0.39 is 12.3 Å². The van der Waals surface area contributed by atoms with Crippen molar-refractivity contribution in [3.63, 3.8) is 0 Å². The minimum absolute atomic E-state index is 0.0776. The molecule has 1 aliphatic rings. The maximum absolute atomic E-state index is 12.0. The Hall–Kier alpha value is -0.330. The summed E-state index contributed by atoms with van der Waals surface area (Å²) in [7, 11) is 0. The molecule has 1 fully saturated rings. The van der Waals surface area contributed by atoms with Crippen molar-refractivity contribution < 1.29 is 22.6 Å². The van der Waals surface area contributed by atoms with Gasteiger partial charge in [-0.1, -0.05) is 0 Å². The highest BCUT2D eigenvalue weighted by molar-refractivity contribution is 4.67. The van der Waals surface area contributed by atoms with E-state index in [1.54, 1.807) is 0 Å². The third-order valence-corrected chi connectivity index (χ3v) is 2.56. The highest BCUT2D eigenvalue weighted by Crippen LogP contribution is 2.21. The van der Waals surface area contributed by atoms with Gasteiger partial charge in [0.1, 0.15) is 0 Å². The first-order chi connectivity index (χ1) is 7.50. The molecule has 0 aromatic carbocycles. The molecule has 0 aromatic rings. The second-order valence-corrected chi connectivity index (χ2v) is 3.99. The molecule has 0 aliphatic carbocycles. The van der Waals surface area contributed by atoms with Crippen molar-refractivity contribution in [1.82, 2.24) is 5.32 Å². The van der Waals surface area contributed by atoms with E-state index >= 15 is 0 Å². The molecule has 16 heavy (non-hydrogen) atoms. The minimum atomic E-state index is -4.26. The van der Waals surface area contributed by atoms with E-state index in [2.05, 4.69) is 10.1 Å². The molecule has 1 N–H and O–H groups in total. The lowest BCUT2D eigenvalue weighted by molar-refractivity contribution is -0.213. The van der Waals surface area contributed by atoms with Crippen molar-refractivity contribution in [3.8, 4) is 0 Å². The highest BCUT2D eigenvalue weighted by Gasteiger charge is 2.36. The highest BCUT2D eigenvalue weighted by atomic mass is 19.4. The van der Waals surface area contributed by atoms with E-state index in [1.165, 1.54) is 0 Å². The monoisotopic (exact) mass is 241 g/mol. The molecule has 1 saturated heterocycles. The molecule has 3 nitrogen and oxygen atoms in total. The Morgan fingerprint density at radius 2 is 2.25 bits per heavy atom. The largest absolute Gasteiger partial charge is 0.414 e. The van der Waals surface area contributed by atoms with Crippen molar-refractivity contribution in [2.24, 2.45) is 5.92 Å². The molecular formula is C10H18F3NO2. The average Bonchev–Trinajstić information content (AvgIpc) is 2.68. The SMILES string of the molecule is CC(OCCNCC1CCOC1)C(F)(F)F. The Morgan fingerprint density at radius 3 is 2.81 bits per heavy atom. The predicted octanol–water partition coefficient (Wildman–Crippen LogP) is 1.58. The third-order valence-electron chi connectivity index (χ3n) is 2.56. The van der Waals surface area contributed by atoms with Crippen LogP contribution >= 0.6 is 0 Å². The van der Waals surface area contributed by atoms with Crippen LogP contribution in [0.5, 0.6) is 0 Å². The summed E-state index contributed by atoms with van der Waals surface area (Å²) < 4.78 is 46.0. The van der Waals surface area contributed by atoms with Gasteiger partial charge < -0.3 is 14.8 Å². The fourth-order valence-electron chi connectivity index (χ4n) is 1.45. The van der Waals surface area contributed by atoms with Crippen LogP contribution in [0.25, 0.3) is 0 Å². The molecule has 1 rings (SSSR count). The van der Waals surface area contributed by atoms with Crippen LogP contribution in [0, 0.1) is 5.92 Å². The molecule has 6 heteroatoms. The number of hydrogen-bond donors (Lipinski definition) is 1. The standard InChI is InChI=1S/C10H18F3NO2/c1-8(10(11,12)13)16-5-3-14-6-9-2-4-15-7-9/h8-9,14H,2-7H2,1H3. The second kappa shape index (κ2) is 6.42. The second-order valence-electron chi connectivity index (χ2n) is 3.99. The van der Waals surface area contributed by atoms with Gasteiger partial charge >= 0.3 is 6.18 Å². The lowest BCUT2D eigenvalue weighted by Crippen LogP contribution is -2.32. The molecule has 2 unspecified atom stereocenters. The van der Waals surface area contributed by atoms with Crippen LogP contribution in [-0.4, -0.2) is 45.2 Å². The van der Waals surface area contributed by atoms with E-state index in [-0.39, 0.29) is 6.61 Å². The Kier molecular flexibility index (Phi) is 5.51. The van der Waals surface area contributed by atoms with Crippen molar-refractivity contribution in [3.05, 3.63) is 0 Å². The van der Waals surface area contributed by atoms with Crippen LogP contribution in [0.3, 0.4) is 0 Å². The van der Waals surface area contributed by atoms with Gasteiger partial charge in [-0.05, 0) is 19.3 Å². The molecule has 0 radical (unpaired) electrons. The van der Waals surface area contributed by atoms with Crippen molar-refractivity contribution >= 4 is 0 Å². The Morgan fingerprint density at radius 1 is 1.50 bits per heavy atom. The summed E-state index contributed by atoms with van der Waals surface area (Å²) >= 11 is 0. The molecule has 2 atom stereocenters. The number of rotatable bonds is 6. The van der Waals surface area contributed by atoms with Crippen molar-refractivity contribution in [2.75, 3.05) is 32.9 Å². The van der Waals surface area contributed by atoms with Crippen LogP contribution in [0.1, 0.15) is 13.3 Å². The zero-order valence-corrected chi connectivity index (χ0v) is 9.35. The molecule has 0 aromatic heterocycles. The summed E-state index contributed by atoms with van der Waals surface area (Å²) in [6.07, 6.45) is -4.93. The minimum Gasteiger partial charge on any atom is -0.381 e. The molecule has 96 valence electrons. The van der Waals surface area contributed by atoms with E-state index in [9.17, 15) is 13.2 Å². The van der Waals surface area contributed by atoms with Crippen LogP contribution in [0.4, 0.5) is 13.2 Å². The van der Waals surface area contributed by atoms with E-state index in [1.807, 2.05) is 0 Å². The first kappa shape index (κ1) is 13.7. The fraction of sp³-hybridized carbons (Fsp3) is 1.00. The lowest BCUT2D eigenvalue weighted by atomic mass is 10.1. The average molecular weight is 241 g/mol. The van der Waals surface area contributed by atoms with E-state index in [0.717, 1.165) is 33.1 Å². The van der Waals surface area contributed by atoms with Gasteiger partial charge in [0.25, 0.3) is 0 Å². The molecule has 1 aliphatic heterocycles. The molecule has 0 bridgehead atoms. The summed E-state index contributed by atoms with van der Waals surface area (Å²) in [5.41, 5.74) is 0. The third kappa shape index (κ3) is 5.14. The molecule has 0 spiro atoms. The molecular weight excluding hydrogens is 223 g/mol. The van der Waals surface area contributed by atoms with Crippen LogP contribution in [0.15, 0.2) is 0 Å². The summed E-state index contributed by atoms with van der Waals surface area (Å²) in [6.45, 7) is 3.85.